The molecule has 1 aromatic carbocycles. The number of amides is 1. The number of benzene rings is 1. The second kappa shape index (κ2) is 7.14. The molecule has 0 aliphatic carbocycles. The van der Waals surface area contributed by atoms with Crippen LogP contribution in [0.2, 0.25) is 0 Å². The zero-order valence-electron chi connectivity index (χ0n) is 12.5. The minimum atomic E-state index is -4.41. The first-order valence-corrected chi connectivity index (χ1v) is 7.28. The highest BCUT2D eigenvalue weighted by atomic mass is 32.1. The molecule has 24 heavy (non-hydrogen) atoms. The Bertz CT molecular complexity index is 860. The van der Waals surface area contributed by atoms with Gasteiger partial charge in [-0.25, -0.2) is 0 Å². The van der Waals surface area contributed by atoms with Gasteiger partial charge in [0.15, 0.2) is 4.77 Å². The van der Waals surface area contributed by atoms with Crippen LogP contribution in [0.1, 0.15) is 17.3 Å². The monoisotopic (exact) mass is 361 g/mol. The maximum Gasteiger partial charge on any atom is 0.411 e. The van der Waals surface area contributed by atoms with Crippen LogP contribution in [0.5, 0.6) is 0 Å². The lowest BCUT2D eigenvalue weighted by Gasteiger charge is -2.15. The SMILES string of the molecule is C[C@@H](COCC(F)(F)F)NC(=O)c1ccc2c(=O)[nH]c(=S)[nH]c2c1. The van der Waals surface area contributed by atoms with Gasteiger partial charge in [-0.1, -0.05) is 0 Å². The number of nitrogens with one attached hydrogen (secondary N) is 3. The van der Waals surface area contributed by atoms with Crippen molar-refractivity contribution in [2.24, 2.45) is 0 Å². The van der Waals surface area contributed by atoms with Gasteiger partial charge in [0.25, 0.3) is 11.5 Å². The molecule has 0 aliphatic rings. The molecular weight excluding hydrogens is 347 g/mol. The molecule has 1 aromatic heterocycles. The molecule has 1 atom stereocenters. The minimum absolute atomic E-state index is 0.124. The van der Waals surface area contributed by atoms with E-state index in [0.29, 0.717) is 10.9 Å². The first-order chi connectivity index (χ1) is 11.2. The first kappa shape index (κ1) is 18.1. The summed E-state index contributed by atoms with van der Waals surface area (Å²) in [6, 6.07) is 3.72. The number of carbonyl (C=O) groups excluding carboxylic acids is 1. The molecule has 1 amide bonds. The smallest absolute Gasteiger partial charge is 0.370 e. The van der Waals surface area contributed by atoms with Crippen LogP contribution in [-0.2, 0) is 4.74 Å². The van der Waals surface area contributed by atoms with Crippen LogP contribution in [0.15, 0.2) is 23.0 Å². The van der Waals surface area contributed by atoms with Crippen LogP contribution in [0.4, 0.5) is 13.2 Å². The van der Waals surface area contributed by atoms with Gasteiger partial charge in [0, 0.05) is 11.6 Å². The fourth-order valence-corrected chi connectivity index (χ4v) is 2.21. The summed E-state index contributed by atoms with van der Waals surface area (Å²) in [5.41, 5.74) is 0.244. The van der Waals surface area contributed by atoms with Gasteiger partial charge in [0.1, 0.15) is 6.61 Å². The Balaban J connectivity index is 2.06. The molecule has 0 fully saturated rings. The fourth-order valence-electron chi connectivity index (χ4n) is 2.01. The van der Waals surface area contributed by atoms with E-state index in [-0.39, 0.29) is 22.5 Å². The molecule has 3 N–H and O–H groups in total. The maximum absolute atomic E-state index is 12.1. The van der Waals surface area contributed by atoms with Gasteiger partial charge in [-0.05, 0) is 37.3 Å². The highest BCUT2D eigenvalue weighted by Gasteiger charge is 2.27. The van der Waals surface area contributed by atoms with E-state index in [1.54, 1.807) is 0 Å². The molecule has 2 aromatic rings. The van der Waals surface area contributed by atoms with E-state index in [0.717, 1.165) is 0 Å². The Labute approximate surface area is 139 Å². The van der Waals surface area contributed by atoms with Gasteiger partial charge in [-0.15, -0.1) is 0 Å². The molecule has 0 unspecified atom stereocenters. The molecule has 0 saturated heterocycles. The number of hydrogen-bond acceptors (Lipinski definition) is 4. The molecule has 6 nitrogen and oxygen atoms in total. The molecule has 0 radical (unpaired) electrons. The Kier molecular flexibility index (Phi) is 5.40. The number of aromatic amines is 2. The predicted molar refractivity (Wildman–Crippen MR) is 83.6 cm³/mol. The number of alkyl halides is 3. The van der Waals surface area contributed by atoms with Crippen molar-refractivity contribution in [2.45, 2.75) is 19.1 Å². The molecule has 0 aliphatic heterocycles. The van der Waals surface area contributed by atoms with E-state index in [1.807, 2.05) is 0 Å². The Morgan fingerprint density at radius 2 is 2.08 bits per heavy atom. The van der Waals surface area contributed by atoms with Gasteiger partial charge >= 0.3 is 6.18 Å². The Morgan fingerprint density at radius 3 is 2.75 bits per heavy atom. The number of halogens is 3. The quantitative estimate of drug-likeness (QED) is 0.713. The van der Waals surface area contributed by atoms with Crippen LogP contribution in [0, 0.1) is 4.77 Å². The molecule has 2 rings (SSSR count). The predicted octanol–water partition coefficient (Wildman–Crippen LogP) is 2.28. The third-order valence-electron chi connectivity index (χ3n) is 3.01. The minimum Gasteiger partial charge on any atom is -0.370 e. The maximum atomic E-state index is 12.1. The van der Waals surface area contributed by atoms with Crippen LogP contribution in [0.3, 0.4) is 0 Å². The van der Waals surface area contributed by atoms with Crippen molar-refractivity contribution >= 4 is 29.0 Å². The highest BCUT2D eigenvalue weighted by molar-refractivity contribution is 7.71. The lowest BCUT2D eigenvalue weighted by Crippen LogP contribution is -2.36. The van der Waals surface area contributed by atoms with Crippen molar-refractivity contribution in [3.63, 3.8) is 0 Å². The summed E-state index contributed by atoms with van der Waals surface area (Å²) in [5.74, 6) is -0.500. The van der Waals surface area contributed by atoms with Gasteiger partial charge in [0.2, 0.25) is 0 Å². The van der Waals surface area contributed by atoms with Crippen LogP contribution in [0.25, 0.3) is 10.9 Å². The van der Waals surface area contributed by atoms with E-state index in [1.165, 1.54) is 25.1 Å². The fraction of sp³-hybridized carbons (Fsp3) is 0.357. The summed E-state index contributed by atoms with van der Waals surface area (Å²) < 4.78 is 40.6. The number of ether oxygens (including phenoxy) is 1. The van der Waals surface area contributed by atoms with E-state index >= 15 is 0 Å². The number of H-pyrrole nitrogens is 2. The zero-order valence-corrected chi connectivity index (χ0v) is 13.3. The third-order valence-corrected chi connectivity index (χ3v) is 3.22. The molecule has 10 heteroatoms. The van der Waals surface area contributed by atoms with Crippen molar-refractivity contribution in [3.8, 4) is 0 Å². The molecule has 0 saturated carbocycles. The van der Waals surface area contributed by atoms with Crippen molar-refractivity contribution < 1.29 is 22.7 Å². The third kappa shape index (κ3) is 4.90. The molecule has 0 bridgehead atoms. The Hall–Kier alpha value is -2.20. The van der Waals surface area contributed by atoms with Gasteiger partial charge in [0.05, 0.1) is 17.5 Å². The van der Waals surface area contributed by atoms with E-state index in [9.17, 15) is 22.8 Å². The summed E-state index contributed by atoms with van der Waals surface area (Å²) in [6.45, 7) is -0.128. The van der Waals surface area contributed by atoms with Crippen molar-refractivity contribution in [1.29, 1.82) is 0 Å². The van der Waals surface area contributed by atoms with E-state index in [2.05, 4.69) is 20.0 Å². The Morgan fingerprint density at radius 1 is 1.38 bits per heavy atom. The lowest BCUT2D eigenvalue weighted by molar-refractivity contribution is -0.174. The number of aromatic nitrogens is 2. The zero-order chi connectivity index (χ0) is 17.9. The van der Waals surface area contributed by atoms with Crippen molar-refractivity contribution in [1.82, 2.24) is 15.3 Å². The number of carbonyl (C=O) groups is 1. The summed E-state index contributed by atoms with van der Waals surface area (Å²) in [4.78, 5) is 29.0. The van der Waals surface area contributed by atoms with Crippen LogP contribution >= 0.6 is 12.2 Å². The highest BCUT2D eigenvalue weighted by Crippen LogP contribution is 2.14. The van der Waals surface area contributed by atoms with Crippen molar-refractivity contribution in [2.75, 3.05) is 13.2 Å². The summed E-state index contributed by atoms with van der Waals surface area (Å²) >= 11 is 4.86. The number of fused-ring (bicyclic) bond motifs is 1. The largest absolute Gasteiger partial charge is 0.411 e. The van der Waals surface area contributed by atoms with Gasteiger partial charge in [-0.3, -0.25) is 14.6 Å². The normalized spacial score (nSPS) is 13.0. The molecule has 130 valence electrons. The standard InChI is InChI=1S/C14H14F3N3O3S/c1-7(5-23-6-14(15,16)17)18-11(21)8-2-3-9-10(4-8)19-13(24)20-12(9)22/h2-4,7H,5-6H2,1H3,(H,18,21)(H2,19,20,22,24)/t7-/m0/s1. The summed E-state index contributed by atoms with van der Waals surface area (Å²) in [6.07, 6.45) is -4.41. The second-order valence-electron chi connectivity index (χ2n) is 5.17. The van der Waals surface area contributed by atoms with E-state index < -0.39 is 24.7 Å². The van der Waals surface area contributed by atoms with Gasteiger partial charge in [-0.2, -0.15) is 13.2 Å². The topological polar surface area (TPSA) is 87.0 Å². The lowest BCUT2D eigenvalue weighted by atomic mass is 10.1. The van der Waals surface area contributed by atoms with Crippen LogP contribution in [-0.4, -0.2) is 41.3 Å². The summed E-state index contributed by atoms with van der Waals surface area (Å²) in [7, 11) is 0. The second-order valence-corrected chi connectivity index (χ2v) is 5.58. The van der Waals surface area contributed by atoms with Gasteiger partial charge < -0.3 is 15.0 Å². The summed E-state index contributed by atoms with van der Waals surface area (Å²) in [5, 5.41) is 2.85. The average Bonchev–Trinajstić information content (AvgIpc) is 2.44. The van der Waals surface area contributed by atoms with Crippen LogP contribution < -0.4 is 10.9 Å². The van der Waals surface area contributed by atoms with E-state index in [4.69, 9.17) is 12.2 Å². The number of rotatable bonds is 5. The first-order valence-electron chi connectivity index (χ1n) is 6.87. The molecular formula is C14H14F3N3O3S. The average molecular weight is 361 g/mol. The molecule has 0 spiro atoms. The van der Waals surface area contributed by atoms with Crippen molar-refractivity contribution in [3.05, 3.63) is 38.9 Å². The molecule has 1 heterocycles. The number of hydrogen-bond donors (Lipinski definition) is 3.